The number of rotatable bonds is 5. The van der Waals surface area contributed by atoms with Crippen LogP contribution in [-0.2, 0) is 6.18 Å². The molecular weight excluding hydrogens is 316 g/mol. The fourth-order valence-corrected chi connectivity index (χ4v) is 1.69. The average Bonchev–Trinajstić information content (AvgIpc) is 2.51. The molecule has 1 aromatic carbocycles. The van der Waals surface area contributed by atoms with Gasteiger partial charge in [0.2, 0.25) is 5.88 Å². The van der Waals surface area contributed by atoms with Gasteiger partial charge in [-0.15, -0.1) is 0 Å². The zero-order valence-electron chi connectivity index (χ0n) is 11.7. The minimum atomic E-state index is -4.46. The summed E-state index contributed by atoms with van der Waals surface area (Å²) in [7, 11) is 0. The van der Waals surface area contributed by atoms with Crippen molar-refractivity contribution in [1.29, 1.82) is 0 Å². The quantitative estimate of drug-likeness (QED) is 0.678. The van der Waals surface area contributed by atoms with Crippen LogP contribution in [0.25, 0.3) is 0 Å². The normalized spacial score (nSPS) is 11.1. The van der Waals surface area contributed by atoms with E-state index < -0.39 is 23.5 Å². The molecule has 0 aliphatic carbocycles. The van der Waals surface area contributed by atoms with Crippen molar-refractivity contribution in [3.05, 3.63) is 59.5 Å². The third-order valence-electron chi connectivity index (χ3n) is 2.82. The van der Waals surface area contributed by atoms with E-state index in [9.17, 15) is 22.4 Å². The Balaban J connectivity index is 1.79. The number of hydrogen-bond donors (Lipinski definition) is 1. The van der Waals surface area contributed by atoms with Crippen LogP contribution in [0.3, 0.4) is 0 Å². The van der Waals surface area contributed by atoms with Gasteiger partial charge in [0.05, 0.1) is 17.7 Å². The smallest absolute Gasteiger partial charge is 0.417 e. The fourth-order valence-electron chi connectivity index (χ4n) is 1.69. The van der Waals surface area contributed by atoms with Gasteiger partial charge in [-0.25, -0.2) is 9.37 Å². The zero-order valence-corrected chi connectivity index (χ0v) is 11.7. The molecule has 0 saturated carbocycles. The minimum Gasteiger partial charge on any atom is -0.476 e. The molecule has 4 nitrogen and oxygen atoms in total. The van der Waals surface area contributed by atoms with E-state index in [2.05, 4.69) is 10.3 Å². The van der Waals surface area contributed by atoms with E-state index in [4.69, 9.17) is 4.74 Å². The number of benzene rings is 1. The van der Waals surface area contributed by atoms with Crippen molar-refractivity contribution >= 4 is 5.91 Å². The molecule has 1 amide bonds. The summed E-state index contributed by atoms with van der Waals surface area (Å²) in [6.45, 7) is 0.0361. The predicted molar refractivity (Wildman–Crippen MR) is 73.5 cm³/mol. The maximum atomic E-state index is 13.4. The van der Waals surface area contributed by atoms with Gasteiger partial charge in [-0.05, 0) is 18.2 Å². The maximum Gasteiger partial charge on any atom is 0.417 e. The van der Waals surface area contributed by atoms with Crippen LogP contribution in [0.4, 0.5) is 17.6 Å². The van der Waals surface area contributed by atoms with Crippen molar-refractivity contribution in [3.63, 3.8) is 0 Å². The summed E-state index contributed by atoms with van der Waals surface area (Å²) in [6.07, 6.45) is -3.80. The maximum absolute atomic E-state index is 13.4. The first-order valence-electron chi connectivity index (χ1n) is 6.56. The van der Waals surface area contributed by atoms with Crippen LogP contribution in [-0.4, -0.2) is 24.0 Å². The summed E-state index contributed by atoms with van der Waals surface area (Å²) in [6, 6.07) is 7.42. The molecular formula is C15H12F4N2O2. The highest BCUT2D eigenvalue weighted by atomic mass is 19.4. The number of amides is 1. The van der Waals surface area contributed by atoms with Crippen molar-refractivity contribution in [3.8, 4) is 5.88 Å². The summed E-state index contributed by atoms with van der Waals surface area (Å²) >= 11 is 0. The number of ether oxygens (including phenoxy) is 1. The lowest BCUT2D eigenvalue weighted by Gasteiger charge is -2.09. The first-order chi connectivity index (χ1) is 10.9. The number of nitrogens with one attached hydrogen (secondary N) is 1. The van der Waals surface area contributed by atoms with Crippen LogP contribution in [0.2, 0.25) is 0 Å². The molecule has 1 N–H and O–H groups in total. The standard InChI is InChI=1S/C15H12F4N2O2/c16-12-4-2-1-3-11(12)14(22)20-7-8-23-13-6-5-10(9-21-13)15(17,18)19/h1-6,9H,7-8H2,(H,20,22). The molecule has 1 heterocycles. The van der Waals surface area contributed by atoms with Crippen LogP contribution in [0.5, 0.6) is 5.88 Å². The van der Waals surface area contributed by atoms with Crippen molar-refractivity contribution in [2.75, 3.05) is 13.2 Å². The Morgan fingerprint density at radius 3 is 2.52 bits per heavy atom. The number of pyridine rings is 1. The van der Waals surface area contributed by atoms with Crippen LogP contribution in [0.1, 0.15) is 15.9 Å². The highest BCUT2D eigenvalue weighted by Crippen LogP contribution is 2.29. The Morgan fingerprint density at radius 1 is 1.17 bits per heavy atom. The highest BCUT2D eigenvalue weighted by molar-refractivity contribution is 5.94. The Labute approximate surface area is 129 Å². The molecule has 23 heavy (non-hydrogen) atoms. The summed E-state index contributed by atoms with van der Waals surface area (Å²) in [5.41, 5.74) is -0.974. The van der Waals surface area contributed by atoms with Crippen molar-refractivity contribution in [2.45, 2.75) is 6.18 Å². The van der Waals surface area contributed by atoms with Crippen molar-refractivity contribution in [1.82, 2.24) is 10.3 Å². The number of halogens is 4. The van der Waals surface area contributed by atoms with Crippen LogP contribution < -0.4 is 10.1 Å². The summed E-state index contributed by atoms with van der Waals surface area (Å²) in [5, 5.41) is 2.43. The van der Waals surface area contributed by atoms with E-state index in [1.165, 1.54) is 18.2 Å². The molecule has 2 rings (SSSR count). The number of carbonyl (C=O) groups excluding carboxylic acids is 1. The lowest BCUT2D eigenvalue weighted by Crippen LogP contribution is -2.28. The van der Waals surface area contributed by atoms with Gasteiger partial charge < -0.3 is 10.1 Å². The first-order valence-corrected chi connectivity index (χ1v) is 6.56. The Bertz CT molecular complexity index is 672. The van der Waals surface area contributed by atoms with Crippen molar-refractivity contribution in [2.24, 2.45) is 0 Å². The highest BCUT2D eigenvalue weighted by Gasteiger charge is 2.30. The number of alkyl halides is 3. The van der Waals surface area contributed by atoms with Gasteiger partial charge in [0, 0.05) is 12.3 Å². The Kier molecular flexibility index (Phi) is 5.15. The number of carbonyl (C=O) groups is 1. The second-order valence-corrected chi connectivity index (χ2v) is 4.47. The molecule has 0 saturated heterocycles. The van der Waals surface area contributed by atoms with E-state index in [1.54, 1.807) is 0 Å². The lowest BCUT2D eigenvalue weighted by atomic mass is 10.2. The summed E-state index contributed by atoms with van der Waals surface area (Å²) in [4.78, 5) is 15.2. The zero-order chi connectivity index (χ0) is 16.9. The second-order valence-electron chi connectivity index (χ2n) is 4.47. The Hall–Kier alpha value is -2.64. The van der Waals surface area contributed by atoms with Crippen LogP contribution in [0.15, 0.2) is 42.6 Å². The first kappa shape index (κ1) is 16.7. The van der Waals surface area contributed by atoms with E-state index in [-0.39, 0.29) is 24.6 Å². The third kappa shape index (κ3) is 4.67. The van der Waals surface area contributed by atoms with E-state index in [0.717, 1.165) is 18.2 Å². The molecule has 1 aromatic heterocycles. The second kappa shape index (κ2) is 7.08. The van der Waals surface area contributed by atoms with Gasteiger partial charge in [0.15, 0.2) is 0 Å². The molecule has 0 unspecified atom stereocenters. The molecule has 0 fully saturated rings. The topological polar surface area (TPSA) is 51.2 Å². The number of nitrogens with zero attached hydrogens (tertiary/aromatic N) is 1. The van der Waals surface area contributed by atoms with E-state index >= 15 is 0 Å². The van der Waals surface area contributed by atoms with Gasteiger partial charge in [-0.2, -0.15) is 13.2 Å². The van der Waals surface area contributed by atoms with Crippen LogP contribution >= 0.6 is 0 Å². The molecule has 2 aromatic rings. The van der Waals surface area contributed by atoms with Crippen LogP contribution in [0, 0.1) is 5.82 Å². The molecule has 0 atom stereocenters. The van der Waals surface area contributed by atoms with E-state index in [0.29, 0.717) is 6.20 Å². The van der Waals surface area contributed by atoms with Gasteiger partial charge in [0.25, 0.3) is 5.91 Å². The average molecular weight is 328 g/mol. The molecule has 8 heteroatoms. The number of hydrogen-bond acceptors (Lipinski definition) is 3. The predicted octanol–water partition coefficient (Wildman–Crippen LogP) is 3.05. The van der Waals surface area contributed by atoms with E-state index in [1.807, 2.05) is 0 Å². The fraction of sp³-hybridized carbons (Fsp3) is 0.200. The molecule has 0 bridgehead atoms. The molecule has 0 radical (unpaired) electrons. The monoisotopic (exact) mass is 328 g/mol. The molecule has 122 valence electrons. The third-order valence-corrected chi connectivity index (χ3v) is 2.82. The number of aromatic nitrogens is 1. The van der Waals surface area contributed by atoms with Gasteiger partial charge in [-0.3, -0.25) is 4.79 Å². The molecule has 0 aliphatic rings. The lowest BCUT2D eigenvalue weighted by molar-refractivity contribution is -0.137. The van der Waals surface area contributed by atoms with Gasteiger partial charge in [-0.1, -0.05) is 12.1 Å². The van der Waals surface area contributed by atoms with Gasteiger partial charge in [0.1, 0.15) is 12.4 Å². The summed E-state index contributed by atoms with van der Waals surface area (Å²) < 4.78 is 55.5. The molecule has 0 aliphatic heterocycles. The SMILES string of the molecule is O=C(NCCOc1ccc(C(F)(F)F)cn1)c1ccccc1F. The summed E-state index contributed by atoms with van der Waals surface area (Å²) in [5.74, 6) is -1.25. The Morgan fingerprint density at radius 2 is 1.91 bits per heavy atom. The molecule has 0 spiro atoms. The van der Waals surface area contributed by atoms with Gasteiger partial charge >= 0.3 is 6.18 Å². The largest absolute Gasteiger partial charge is 0.476 e. The van der Waals surface area contributed by atoms with Crippen molar-refractivity contribution < 1.29 is 27.1 Å². The minimum absolute atomic E-state index is 0.00172.